The van der Waals surface area contributed by atoms with E-state index in [0.29, 0.717) is 12.3 Å². The summed E-state index contributed by atoms with van der Waals surface area (Å²) in [6.45, 7) is 8.83. The van der Waals surface area contributed by atoms with Gasteiger partial charge < -0.3 is 15.1 Å². The third-order valence-electron chi connectivity index (χ3n) is 6.12. The first-order valence-electron chi connectivity index (χ1n) is 10.3. The summed E-state index contributed by atoms with van der Waals surface area (Å²) in [6.07, 6.45) is 5.48. The lowest BCUT2D eigenvalue weighted by Gasteiger charge is -2.31. The predicted molar refractivity (Wildman–Crippen MR) is 110 cm³/mol. The van der Waals surface area contributed by atoms with Crippen LogP contribution in [-0.2, 0) is 20.8 Å². The summed E-state index contributed by atoms with van der Waals surface area (Å²) in [5, 5.41) is 0. The molecule has 27 heavy (non-hydrogen) atoms. The number of rotatable bonds is 10. The topological polar surface area (TPSA) is 61.5 Å². The average molecular weight is 372 g/mol. The number of ether oxygens (including phenoxy) is 1. The van der Waals surface area contributed by atoms with Crippen molar-refractivity contribution >= 4 is 13.5 Å². The van der Waals surface area contributed by atoms with Gasteiger partial charge in [0.05, 0.1) is 0 Å². The van der Waals surface area contributed by atoms with E-state index in [1.165, 1.54) is 0 Å². The van der Waals surface area contributed by atoms with Gasteiger partial charge in [-0.15, -0.1) is 0 Å². The van der Waals surface area contributed by atoms with Crippen molar-refractivity contribution < 1.29 is 14.2 Å². The molecule has 1 aliphatic rings. The molecule has 149 valence electrons. The fourth-order valence-electron chi connectivity index (χ4n) is 3.49. The Kier molecular flexibility index (Phi) is 7.93. The molecule has 5 heteroatoms. The van der Waals surface area contributed by atoms with Crippen molar-refractivity contribution in [2.75, 3.05) is 0 Å². The number of carbonyl (C=O) groups excluding carboxylic acids is 1. The highest BCUT2D eigenvalue weighted by Crippen LogP contribution is 2.38. The quantitative estimate of drug-likeness (QED) is 0.373. The maximum atomic E-state index is 12.7. The van der Waals surface area contributed by atoms with E-state index in [2.05, 4.69) is 27.7 Å². The molecule has 0 heterocycles. The first-order chi connectivity index (χ1) is 12.8. The summed E-state index contributed by atoms with van der Waals surface area (Å²) >= 11 is 0. The van der Waals surface area contributed by atoms with Crippen LogP contribution in [0.4, 0.5) is 0 Å². The van der Waals surface area contributed by atoms with Gasteiger partial charge in [-0.3, -0.25) is 4.79 Å². The summed E-state index contributed by atoms with van der Waals surface area (Å²) in [6, 6.07) is 9.75. The molecule has 0 spiro atoms. The second-order valence-corrected chi connectivity index (χ2v) is 8.66. The zero-order valence-corrected chi connectivity index (χ0v) is 17.4. The van der Waals surface area contributed by atoms with Crippen LogP contribution in [0.5, 0.6) is 0 Å². The molecule has 2 unspecified atom stereocenters. The van der Waals surface area contributed by atoms with Crippen LogP contribution in [0, 0.1) is 11.8 Å². The second kappa shape index (κ2) is 9.74. The number of carbonyl (C=O) groups is 1. The Bertz CT molecular complexity index is 590. The number of hydrogen-bond donors (Lipinski definition) is 1. The third kappa shape index (κ3) is 6.08. The SMILES string of the molecule is CC(C)C(C)(C)O[B]CCCC1CCCC1(N)C(=O)OCc1ccccc1. The van der Waals surface area contributed by atoms with Crippen LogP contribution in [0.15, 0.2) is 30.3 Å². The van der Waals surface area contributed by atoms with Crippen molar-refractivity contribution in [1.29, 1.82) is 0 Å². The molecular weight excluding hydrogens is 337 g/mol. The third-order valence-corrected chi connectivity index (χ3v) is 6.12. The van der Waals surface area contributed by atoms with E-state index in [1.54, 1.807) is 0 Å². The number of nitrogens with two attached hydrogens (primary N) is 1. The summed E-state index contributed by atoms with van der Waals surface area (Å²) in [7, 11) is 1.92. The first-order valence-corrected chi connectivity index (χ1v) is 10.3. The molecule has 0 saturated heterocycles. The molecule has 0 aromatic heterocycles. The fraction of sp³-hybridized carbons (Fsp3) is 0.682. The van der Waals surface area contributed by atoms with Gasteiger partial charge in [0.2, 0.25) is 0 Å². The van der Waals surface area contributed by atoms with Gasteiger partial charge >= 0.3 is 5.97 Å². The van der Waals surface area contributed by atoms with E-state index in [-0.39, 0.29) is 24.1 Å². The Balaban J connectivity index is 1.76. The number of hydrogen-bond acceptors (Lipinski definition) is 4. The Morgan fingerprint density at radius 3 is 2.70 bits per heavy atom. The lowest BCUT2D eigenvalue weighted by molar-refractivity contribution is -0.153. The maximum absolute atomic E-state index is 12.7. The molecule has 4 nitrogen and oxygen atoms in total. The van der Waals surface area contributed by atoms with E-state index >= 15 is 0 Å². The lowest BCUT2D eigenvalue weighted by Crippen LogP contribution is -2.51. The van der Waals surface area contributed by atoms with Crippen LogP contribution >= 0.6 is 0 Å². The normalized spacial score (nSPS) is 22.8. The van der Waals surface area contributed by atoms with Crippen molar-refractivity contribution in [3.8, 4) is 0 Å². The van der Waals surface area contributed by atoms with E-state index < -0.39 is 5.54 Å². The highest BCUT2D eigenvalue weighted by molar-refractivity contribution is 6.27. The standard InChI is InChI=1S/C22H35BNO3/c1-17(2)21(3,4)27-23-15-9-13-19-12-8-14-22(19,24)20(25)26-16-18-10-6-5-7-11-18/h5-7,10-11,17,19H,8-9,12-16,24H2,1-4H3. The Labute approximate surface area is 165 Å². The van der Waals surface area contributed by atoms with Crippen molar-refractivity contribution in [3.05, 3.63) is 35.9 Å². The van der Waals surface area contributed by atoms with Crippen molar-refractivity contribution in [1.82, 2.24) is 0 Å². The monoisotopic (exact) mass is 372 g/mol. The Morgan fingerprint density at radius 1 is 1.33 bits per heavy atom. The minimum absolute atomic E-state index is 0.147. The van der Waals surface area contributed by atoms with E-state index in [1.807, 2.05) is 37.8 Å². The minimum atomic E-state index is -0.840. The van der Waals surface area contributed by atoms with Gasteiger partial charge in [-0.25, -0.2) is 0 Å². The van der Waals surface area contributed by atoms with Gasteiger partial charge in [0.25, 0.3) is 7.48 Å². The molecule has 1 fully saturated rings. The molecule has 0 amide bonds. The van der Waals surface area contributed by atoms with E-state index in [9.17, 15) is 4.79 Å². The number of benzene rings is 1. The van der Waals surface area contributed by atoms with Gasteiger partial charge in [0.15, 0.2) is 0 Å². The summed E-state index contributed by atoms with van der Waals surface area (Å²) in [5.74, 6) is 0.391. The maximum Gasteiger partial charge on any atom is 0.326 e. The molecule has 1 aliphatic carbocycles. The van der Waals surface area contributed by atoms with Crippen molar-refractivity contribution in [2.45, 2.75) is 83.9 Å². The summed E-state index contributed by atoms with van der Waals surface area (Å²) in [5.41, 5.74) is 6.52. The van der Waals surface area contributed by atoms with Crippen LogP contribution in [0.3, 0.4) is 0 Å². The zero-order chi connectivity index (χ0) is 19.9. The largest absolute Gasteiger partial charge is 0.459 e. The summed E-state index contributed by atoms with van der Waals surface area (Å²) in [4.78, 5) is 12.7. The molecule has 2 N–H and O–H groups in total. The highest BCUT2D eigenvalue weighted by Gasteiger charge is 2.46. The predicted octanol–water partition coefficient (Wildman–Crippen LogP) is 4.50. The van der Waals surface area contributed by atoms with Gasteiger partial charge in [-0.1, -0.05) is 63.3 Å². The molecule has 0 bridgehead atoms. The zero-order valence-electron chi connectivity index (χ0n) is 17.4. The Morgan fingerprint density at radius 2 is 2.04 bits per heavy atom. The van der Waals surface area contributed by atoms with Crippen molar-refractivity contribution in [2.24, 2.45) is 17.6 Å². The second-order valence-electron chi connectivity index (χ2n) is 8.66. The smallest absolute Gasteiger partial charge is 0.326 e. The van der Waals surface area contributed by atoms with Gasteiger partial charge in [0.1, 0.15) is 12.1 Å². The van der Waals surface area contributed by atoms with E-state index in [0.717, 1.165) is 37.6 Å². The molecule has 1 radical (unpaired) electrons. The molecule has 1 saturated carbocycles. The molecule has 1 aromatic carbocycles. The fourth-order valence-corrected chi connectivity index (χ4v) is 3.49. The van der Waals surface area contributed by atoms with Crippen LogP contribution in [0.25, 0.3) is 0 Å². The molecule has 1 aromatic rings. The highest BCUT2D eigenvalue weighted by atomic mass is 16.5. The van der Waals surface area contributed by atoms with Crippen molar-refractivity contribution in [3.63, 3.8) is 0 Å². The lowest BCUT2D eigenvalue weighted by atomic mass is 9.80. The average Bonchev–Trinajstić information content (AvgIpc) is 3.02. The molecule has 2 atom stereocenters. The molecular formula is C22H35BNO3. The van der Waals surface area contributed by atoms with Crippen LogP contribution in [-0.4, -0.2) is 24.6 Å². The summed E-state index contributed by atoms with van der Waals surface area (Å²) < 4.78 is 11.4. The first kappa shape index (κ1) is 22.0. The van der Waals surface area contributed by atoms with Crippen LogP contribution in [0.2, 0.25) is 6.32 Å². The van der Waals surface area contributed by atoms with Gasteiger partial charge in [-0.2, -0.15) is 0 Å². The van der Waals surface area contributed by atoms with Gasteiger partial charge in [0, 0.05) is 5.60 Å². The Hall–Kier alpha value is -1.33. The minimum Gasteiger partial charge on any atom is -0.459 e. The van der Waals surface area contributed by atoms with Crippen LogP contribution < -0.4 is 5.73 Å². The molecule has 2 rings (SSSR count). The molecule has 0 aliphatic heterocycles. The van der Waals surface area contributed by atoms with E-state index in [4.69, 9.17) is 15.1 Å². The van der Waals surface area contributed by atoms with Crippen LogP contribution in [0.1, 0.15) is 65.4 Å². The van der Waals surface area contributed by atoms with Gasteiger partial charge in [-0.05, 0) is 50.5 Å². The number of esters is 1.